The van der Waals surface area contributed by atoms with E-state index in [4.69, 9.17) is 18.6 Å². The molecule has 0 spiro atoms. The maximum atomic E-state index is 12.3. The summed E-state index contributed by atoms with van der Waals surface area (Å²) in [4.78, 5) is 16.5. The van der Waals surface area contributed by atoms with Crippen molar-refractivity contribution in [3.8, 4) is 11.5 Å². The average Bonchev–Trinajstić information content (AvgIpc) is 3.02. The topological polar surface area (TPSA) is 70.8 Å². The predicted molar refractivity (Wildman–Crippen MR) is 90.4 cm³/mol. The van der Waals surface area contributed by atoms with Crippen LogP contribution in [0.1, 0.15) is 16.2 Å². The molecule has 0 fully saturated rings. The van der Waals surface area contributed by atoms with Crippen LogP contribution >= 0.6 is 15.9 Å². The summed E-state index contributed by atoms with van der Waals surface area (Å²) in [6, 6.07) is 10.5. The molecule has 2 aromatic carbocycles. The summed E-state index contributed by atoms with van der Waals surface area (Å²) in [6.45, 7) is -0.0613. The Bertz CT molecular complexity index is 832. The van der Waals surface area contributed by atoms with Gasteiger partial charge in [-0.05, 0) is 40.2 Å². The molecule has 7 heteroatoms. The van der Waals surface area contributed by atoms with Crippen LogP contribution in [0.3, 0.4) is 0 Å². The molecule has 0 unspecified atom stereocenters. The first-order valence-corrected chi connectivity index (χ1v) is 7.84. The number of fused-ring (bicyclic) bond motifs is 1. The minimum absolute atomic E-state index is 0.0613. The number of halogens is 1. The van der Waals surface area contributed by atoms with Gasteiger partial charge in [0, 0.05) is 0 Å². The fraction of sp³-hybridized carbons (Fsp3) is 0.176. The Morgan fingerprint density at radius 2 is 1.83 bits per heavy atom. The van der Waals surface area contributed by atoms with Crippen molar-refractivity contribution in [2.75, 3.05) is 14.2 Å². The molecule has 0 aliphatic heterocycles. The number of hydrogen-bond donors (Lipinski definition) is 0. The normalized spacial score (nSPS) is 10.6. The average molecular weight is 392 g/mol. The summed E-state index contributed by atoms with van der Waals surface area (Å²) >= 11 is 3.35. The van der Waals surface area contributed by atoms with Crippen LogP contribution in [0.15, 0.2) is 45.3 Å². The maximum absolute atomic E-state index is 12.3. The second-order valence-electron chi connectivity index (χ2n) is 4.85. The monoisotopic (exact) mass is 391 g/mol. The zero-order chi connectivity index (χ0) is 17.1. The summed E-state index contributed by atoms with van der Waals surface area (Å²) in [5.41, 5.74) is 1.68. The molecule has 0 saturated heterocycles. The van der Waals surface area contributed by atoms with Gasteiger partial charge in [-0.2, -0.15) is 0 Å². The third kappa shape index (κ3) is 3.21. The number of rotatable bonds is 5. The van der Waals surface area contributed by atoms with Crippen LogP contribution in [0.5, 0.6) is 11.5 Å². The largest absolute Gasteiger partial charge is 0.495 e. The van der Waals surface area contributed by atoms with Crippen LogP contribution < -0.4 is 9.47 Å². The number of methoxy groups -OCH3 is 2. The van der Waals surface area contributed by atoms with Crippen molar-refractivity contribution < 1.29 is 23.4 Å². The Hall–Kier alpha value is -2.54. The third-order valence-electron chi connectivity index (χ3n) is 3.35. The number of oxazole rings is 1. The first-order chi connectivity index (χ1) is 11.6. The van der Waals surface area contributed by atoms with Gasteiger partial charge >= 0.3 is 5.97 Å². The molecule has 0 N–H and O–H groups in total. The van der Waals surface area contributed by atoms with Crippen molar-refractivity contribution in [2.24, 2.45) is 0 Å². The summed E-state index contributed by atoms with van der Waals surface area (Å²) in [5, 5.41) is 0. The van der Waals surface area contributed by atoms with Crippen LogP contribution in [-0.4, -0.2) is 25.2 Å². The molecule has 124 valence electrons. The van der Waals surface area contributed by atoms with E-state index < -0.39 is 5.97 Å². The first-order valence-electron chi connectivity index (χ1n) is 7.05. The molecule has 0 aliphatic carbocycles. The quantitative estimate of drug-likeness (QED) is 0.612. The SMILES string of the molecule is COc1cc(C(=O)OCc2nc3ccccc3o2)cc(OC)c1Br. The number of esters is 1. The molecule has 0 atom stereocenters. The molecule has 24 heavy (non-hydrogen) atoms. The zero-order valence-electron chi connectivity index (χ0n) is 13.0. The van der Waals surface area contributed by atoms with Crippen LogP contribution in [0.2, 0.25) is 0 Å². The fourth-order valence-corrected chi connectivity index (χ4v) is 2.73. The Balaban J connectivity index is 1.77. The molecule has 0 aliphatic rings. The molecule has 3 aromatic rings. The van der Waals surface area contributed by atoms with Gasteiger partial charge in [0.2, 0.25) is 5.89 Å². The summed E-state index contributed by atoms with van der Waals surface area (Å²) < 4.78 is 21.8. The summed E-state index contributed by atoms with van der Waals surface area (Å²) in [5.74, 6) is 0.758. The van der Waals surface area contributed by atoms with Crippen LogP contribution in [0, 0.1) is 0 Å². The highest BCUT2D eigenvalue weighted by molar-refractivity contribution is 9.10. The molecular formula is C17H14BrNO5. The van der Waals surface area contributed by atoms with Crippen molar-refractivity contribution in [3.05, 3.63) is 52.3 Å². The molecule has 1 aromatic heterocycles. The van der Waals surface area contributed by atoms with Gasteiger partial charge in [0.25, 0.3) is 0 Å². The lowest BCUT2D eigenvalue weighted by Gasteiger charge is -2.10. The van der Waals surface area contributed by atoms with Gasteiger partial charge in [0.1, 0.15) is 21.5 Å². The number of aromatic nitrogens is 1. The van der Waals surface area contributed by atoms with Crippen molar-refractivity contribution in [1.82, 2.24) is 4.98 Å². The van der Waals surface area contributed by atoms with E-state index in [1.54, 1.807) is 18.2 Å². The number of nitrogens with zero attached hydrogens (tertiary/aromatic N) is 1. The standard InChI is InChI=1S/C17H14BrNO5/c1-21-13-7-10(8-14(22-2)16(13)18)17(20)23-9-15-19-11-5-3-4-6-12(11)24-15/h3-8H,9H2,1-2H3. The lowest BCUT2D eigenvalue weighted by Crippen LogP contribution is -2.06. The molecule has 0 bridgehead atoms. The number of para-hydroxylation sites is 2. The van der Waals surface area contributed by atoms with Gasteiger partial charge in [0.05, 0.1) is 19.8 Å². The van der Waals surface area contributed by atoms with E-state index in [0.717, 1.165) is 5.52 Å². The van der Waals surface area contributed by atoms with E-state index in [1.807, 2.05) is 18.2 Å². The second-order valence-corrected chi connectivity index (χ2v) is 5.64. The Morgan fingerprint density at radius 1 is 1.17 bits per heavy atom. The minimum atomic E-state index is -0.527. The fourth-order valence-electron chi connectivity index (χ4n) is 2.18. The van der Waals surface area contributed by atoms with E-state index >= 15 is 0 Å². The zero-order valence-corrected chi connectivity index (χ0v) is 14.6. The highest BCUT2D eigenvalue weighted by Crippen LogP contribution is 2.35. The molecule has 0 amide bonds. The van der Waals surface area contributed by atoms with Gasteiger partial charge in [-0.15, -0.1) is 0 Å². The smallest absolute Gasteiger partial charge is 0.338 e. The maximum Gasteiger partial charge on any atom is 0.338 e. The second kappa shape index (κ2) is 6.92. The number of benzene rings is 2. The van der Waals surface area contributed by atoms with Gasteiger partial charge in [-0.1, -0.05) is 12.1 Å². The molecule has 1 heterocycles. The van der Waals surface area contributed by atoms with Gasteiger partial charge in [-0.3, -0.25) is 0 Å². The third-order valence-corrected chi connectivity index (χ3v) is 4.13. The van der Waals surface area contributed by atoms with Crippen LogP contribution in [0.4, 0.5) is 0 Å². The Kier molecular flexibility index (Phi) is 4.71. The van der Waals surface area contributed by atoms with E-state index in [0.29, 0.717) is 33.0 Å². The Labute approximate surface area is 146 Å². The summed E-state index contributed by atoms with van der Waals surface area (Å²) in [6.07, 6.45) is 0. The van der Waals surface area contributed by atoms with E-state index in [2.05, 4.69) is 20.9 Å². The van der Waals surface area contributed by atoms with Crippen LogP contribution in [-0.2, 0) is 11.3 Å². The molecule has 6 nitrogen and oxygen atoms in total. The van der Waals surface area contributed by atoms with E-state index in [9.17, 15) is 4.79 Å². The van der Waals surface area contributed by atoms with Gasteiger partial charge < -0.3 is 18.6 Å². The summed E-state index contributed by atoms with van der Waals surface area (Å²) in [7, 11) is 3.01. The van der Waals surface area contributed by atoms with Crippen molar-refractivity contribution in [3.63, 3.8) is 0 Å². The highest BCUT2D eigenvalue weighted by atomic mass is 79.9. The number of ether oxygens (including phenoxy) is 3. The van der Waals surface area contributed by atoms with Crippen molar-refractivity contribution in [1.29, 1.82) is 0 Å². The highest BCUT2D eigenvalue weighted by Gasteiger charge is 2.16. The predicted octanol–water partition coefficient (Wildman–Crippen LogP) is 3.96. The number of carbonyl (C=O) groups excluding carboxylic acids is 1. The Morgan fingerprint density at radius 3 is 2.46 bits per heavy atom. The van der Waals surface area contributed by atoms with Gasteiger partial charge in [-0.25, -0.2) is 9.78 Å². The molecule has 0 radical (unpaired) electrons. The van der Waals surface area contributed by atoms with E-state index in [-0.39, 0.29) is 6.61 Å². The van der Waals surface area contributed by atoms with Crippen molar-refractivity contribution >= 4 is 33.0 Å². The number of hydrogen-bond acceptors (Lipinski definition) is 6. The molecule has 0 saturated carbocycles. The lowest BCUT2D eigenvalue weighted by atomic mass is 10.2. The minimum Gasteiger partial charge on any atom is -0.495 e. The van der Waals surface area contributed by atoms with E-state index in [1.165, 1.54) is 14.2 Å². The first kappa shape index (κ1) is 16.3. The van der Waals surface area contributed by atoms with Crippen LogP contribution in [0.25, 0.3) is 11.1 Å². The lowest BCUT2D eigenvalue weighted by molar-refractivity contribution is 0.0439. The molecule has 3 rings (SSSR count). The van der Waals surface area contributed by atoms with Crippen molar-refractivity contribution in [2.45, 2.75) is 6.61 Å². The van der Waals surface area contributed by atoms with Gasteiger partial charge in [0.15, 0.2) is 12.2 Å². The molecular weight excluding hydrogens is 378 g/mol. The number of carbonyl (C=O) groups is 1.